The van der Waals surface area contributed by atoms with E-state index in [9.17, 15) is 19.1 Å². The van der Waals surface area contributed by atoms with Gasteiger partial charge in [0.1, 0.15) is 11.4 Å². The van der Waals surface area contributed by atoms with Crippen molar-refractivity contribution in [2.45, 2.75) is 6.10 Å². The van der Waals surface area contributed by atoms with Gasteiger partial charge in [-0.15, -0.1) is 0 Å². The first kappa shape index (κ1) is 21.6. The fourth-order valence-corrected chi connectivity index (χ4v) is 2.88. The predicted molar refractivity (Wildman–Crippen MR) is 110 cm³/mol. The van der Waals surface area contributed by atoms with Crippen molar-refractivity contribution in [2.24, 2.45) is 0 Å². The molecule has 2 N–H and O–H groups in total. The Hall–Kier alpha value is -3.07. The fourth-order valence-electron chi connectivity index (χ4n) is 2.76. The number of amides is 1. The molecular formula is C21H19ClFN3O4. The first-order valence-electron chi connectivity index (χ1n) is 9.00. The van der Waals surface area contributed by atoms with Gasteiger partial charge in [-0.05, 0) is 36.4 Å². The zero-order valence-electron chi connectivity index (χ0n) is 16.0. The van der Waals surface area contributed by atoms with Crippen LogP contribution in [0.25, 0.3) is 16.9 Å². The lowest BCUT2D eigenvalue weighted by Crippen LogP contribution is -2.38. The molecule has 9 heteroatoms. The van der Waals surface area contributed by atoms with Gasteiger partial charge >= 0.3 is 0 Å². The van der Waals surface area contributed by atoms with E-state index < -0.39 is 23.4 Å². The number of nitrogens with zero attached hydrogens (tertiary/aromatic N) is 2. The Kier molecular flexibility index (Phi) is 6.94. The molecule has 1 heterocycles. The average Bonchev–Trinajstić information content (AvgIpc) is 2.73. The van der Waals surface area contributed by atoms with E-state index in [2.05, 4.69) is 10.4 Å². The number of carbonyl (C=O) groups is 1. The van der Waals surface area contributed by atoms with E-state index in [1.54, 1.807) is 24.3 Å². The van der Waals surface area contributed by atoms with Crippen molar-refractivity contribution < 1.29 is 19.0 Å². The highest BCUT2D eigenvalue weighted by molar-refractivity contribution is 6.30. The SMILES string of the molecule is COC[C@H](O)CNC(=O)c1cc(-c2ccc(Cl)cc2)nn(-c2cccc(F)c2)c1=O. The number of aliphatic hydroxyl groups excluding tert-OH is 1. The summed E-state index contributed by atoms with van der Waals surface area (Å²) in [6.07, 6.45) is -0.929. The van der Waals surface area contributed by atoms with Crippen molar-refractivity contribution in [3.8, 4) is 16.9 Å². The number of rotatable bonds is 7. The molecule has 0 spiro atoms. The standard InChI is InChI=1S/C21H19ClFN3O4/c1-30-12-17(27)11-24-20(28)18-10-19(13-5-7-14(22)8-6-13)25-26(21(18)29)16-4-2-3-15(23)9-16/h2-10,17,27H,11-12H2,1H3,(H,24,28)/t17-/m1/s1. The predicted octanol–water partition coefficient (Wildman–Crippen LogP) is 2.43. The number of hydrogen-bond acceptors (Lipinski definition) is 5. The molecule has 0 aliphatic carbocycles. The Morgan fingerprint density at radius 3 is 2.67 bits per heavy atom. The molecule has 0 aliphatic heterocycles. The van der Waals surface area contributed by atoms with E-state index in [0.29, 0.717) is 16.3 Å². The molecule has 0 bridgehead atoms. The van der Waals surface area contributed by atoms with Gasteiger partial charge in [-0.1, -0.05) is 29.8 Å². The smallest absolute Gasteiger partial charge is 0.284 e. The molecular weight excluding hydrogens is 413 g/mol. The number of nitrogens with one attached hydrogen (secondary N) is 1. The van der Waals surface area contributed by atoms with Gasteiger partial charge in [-0.3, -0.25) is 9.59 Å². The maximum atomic E-state index is 13.7. The van der Waals surface area contributed by atoms with Crippen molar-refractivity contribution in [3.05, 3.63) is 81.4 Å². The van der Waals surface area contributed by atoms with Gasteiger partial charge in [-0.2, -0.15) is 9.78 Å². The van der Waals surface area contributed by atoms with E-state index >= 15 is 0 Å². The lowest BCUT2D eigenvalue weighted by molar-refractivity contribution is 0.0609. The molecule has 0 unspecified atom stereocenters. The summed E-state index contributed by atoms with van der Waals surface area (Å²) in [4.78, 5) is 25.6. The lowest BCUT2D eigenvalue weighted by atomic mass is 10.1. The van der Waals surface area contributed by atoms with Crippen molar-refractivity contribution in [2.75, 3.05) is 20.3 Å². The van der Waals surface area contributed by atoms with Crippen LogP contribution in [0.2, 0.25) is 5.02 Å². The fraction of sp³-hybridized carbons (Fsp3) is 0.190. The second kappa shape index (κ2) is 9.62. The first-order chi connectivity index (χ1) is 14.4. The van der Waals surface area contributed by atoms with Gasteiger partial charge in [0.2, 0.25) is 0 Å². The van der Waals surface area contributed by atoms with Crippen LogP contribution in [-0.4, -0.2) is 47.2 Å². The minimum Gasteiger partial charge on any atom is -0.389 e. The van der Waals surface area contributed by atoms with Crippen LogP contribution in [-0.2, 0) is 4.74 Å². The number of methoxy groups -OCH3 is 1. The number of carbonyl (C=O) groups excluding carboxylic acids is 1. The molecule has 156 valence electrons. The molecule has 3 rings (SSSR count). The van der Waals surface area contributed by atoms with Crippen LogP contribution in [0.3, 0.4) is 0 Å². The van der Waals surface area contributed by atoms with Crippen LogP contribution in [0, 0.1) is 5.82 Å². The van der Waals surface area contributed by atoms with E-state index in [1.165, 1.54) is 31.4 Å². The summed E-state index contributed by atoms with van der Waals surface area (Å²) in [5.74, 6) is -1.25. The van der Waals surface area contributed by atoms with Gasteiger partial charge in [0.25, 0.3) is 11.5 Å². The van der Waals surface area contributed by atoms with E-state index in [4.69, 9.17) is 16.3 Å². The molecule has 0 aliphatic rings. The number of benzene rings is 2. The molecule has 0 saturated carbocycles. The third-order valence-corrected chi connectivity index (χ3v) is 4.46. The number of halogens is 2. The van der Waals surface area contributed by atoms with Gasteiger partial charge in [0.05, 0.1) is 24.1 Å². The second-order valence-electron chi connectivity index (χ2n) is 6.47. The Labute approximate surface area is 176 Å². The summed E-state index contributed by atoms with van der Waals surface area (Å²) < 4.78 is 19.5. The largest absolute Gasteiger partial charge is 0.389 e. The van der Waals surface area contributed by atoms with Gasteiger partial charge in [0, 0.05) is 24.2 Å². The van der Waals surface area contributed by atoms with Crippen LogP contribution in [0.1, 0.15) is 10.4 Å². The Morgan fingerprint density at radius 1 is 1.27 bits per heavy atom. The number of ether oxygens (including phenoxy) is 1. The molecule has 3 aromatic rings. The van der Waals surface area contributed by atoms with Crippen LogP contribution >= 0.6 is 11.6 Å². The van der Waals surface area contributed by atoms with Gasteiger partial charge < -0.3 is 15.2 Å². The van der Waals surface area contributed by atoms with E-state index in [-0.39, 0.29) is 24.4 Å². The quantitative estimate of drug-likeness (QED) is 0.599. The number of hydrogen-bond donors (Lipinski definition) is 2. The molecule has 0 radical (unpaired) electrons. The Bertz CT molecular complexity index is 1100. The molecule has 30 heavy (non-hydrogen) atoms. The van der Waals surface area contributed by atoms with Gasteiger partial charge in [0.15, 0.2) is 0 Å². The number of aliphatic hydroxyl groups is 1. The highest BCUT2D eigenvalue weighted by atomic mass is 35.5. The minimum atomic E-state index is -0.929. The zero-order valence-corrected chi connectivity index (χ0v) is 16.8. The molecule has 2 aromatic carbocycles. The summed E-state index contributed by atoms with van der Waals surface area (Å²) in [6.45, 7) is -0.0785. The molecule has 0 saturated heterocycles. The van der Waals surface area contributed by atoms with Crippen molar-refractivity contribution in [1.82, 2.24) is 15.1 Å². The lowest BCUT2D eigenvalue weighted by Gasteiger charge is -2.13. The second-order valence-corrected chi connectivity index (χ2v) is 6.90. The minimum absolute atomic E-state index is 0.0280. The molecule has 0 fully saturated rings. The first-order valence-corrected chi connectivity index (χ1v) is 9.38. The third kappa shape index (κ3) is 5.10. The topological polar surface area (TPSA) is 93.4 Å². The van der Waals surface area contributed by atoms with Crippen LogP contribution in [0.5, 0.6) is 0 Å². The van der Waals surface area contributed by atoms with E-state index in [1.807, 2.05) is 0 Å². The monoisotopic (exact) mass is 431 g/mol. The Morgan fingerprint density at radius 2 is 2.00 bits per heavy atom. The summed E-state index contributed by atoms with van der Waals surface area (Å²) in [5.41, 5.74) is 0.168. The van der Waals surface area contributed by atoms with Crippen molar-refractivity contribution >= 4 is 17.5 Å². The highest BCUT2D eigenvalue weighted by Crippen LogP contribution is 2.20. The van der Waals surface area contributed by atoms with Gasteiger partial charge in [-0.25, -0.2) is 4.39 Å². The summed E-state index contributed by atoms with van der Waals surface area (Å²) in [5, 5.41) is 17.1. The summed E-state index contributed by atoms with van der Waals surface area (Å²) in [7, 11) is 1.42. The van der Waals surface area contributed by atoms with Crippen LogP contribution < -0.4 is 10.9 Å². The maximum absolute atomic E-state index is 13.7. The number of aromatic nitrogens is 2. The Balaban J connectivity index is 2.07. The zero-order chi connectivity index (χ0) is 21.7. The molecule has 1 aromatic heterocycles. The molecule has 1 atom stereocenters. The summed E-state index contributed by atoms with van der Waals surface area (Å²) in [6, 6.07) is 13.4. The van der Waals surface area contributed by atoms with Crippen molar-refractivity contribution in [1.29, 1.82) is 0 Å². The van der Waals surface area contributed by atoms with E-state index in [0.717, 1.165) is 10.7 Å². The van der Waals surface area contributed by atoms with Crippen LogP contribution in [0.15, 0.2) is 59.4 Å². The molecule has 7 nitrogen and oxygen atoms in total. The third-order valence-electron chi connectivity index (χ3n) is 4.21. The van der Waals surface area contributed by atoms with Crippen LogP contribution in [0.4, 0.5) is 4.39 Å². The van der Waals surface area contributed by atoms with Crippen molar-refractivity contribution in [3.63, 3.8) is 0 Å². The maximum Gasteiger partial charge on any atom is 0.284 e. The average molecular weight is 432 g/mol. The highest BCUT2D eigenvalue weighted by Gasteiger charge is 2.18. The summed E-state index contributed by atoms with van der Waals surface area (Å²) >= 11 is 5.93. The normalized spacial score (nSPS) is 11.9. The molecule has 1 amide bonds.